The second-order valence-electron chi connectivity index (χ2n) is 8.23. The lowest BCUT2D eigenvalue weighted by molar-refractivity contribution is -0.113. The predicted molar refractivity (Wildman–Crippen MR) is 119 cm³/mol. The van der Waals surface area contributed by atoms with Crippen molar-refractivity contribution in [3.05, 3.63) is 89.3 Å². The first-order valence-electron chi connectivity index (χ1n) is 10.7. The Balaban J connectivity index is 1.46. The molecule has 4 nitrogen and oxygen atoms in total. The monoisotopic (exact) mass is 432 g/mol. The molecule has 0 unspecified atom stereocenters. The summed E-state index contributed by atoms with van der Waals surface area (Å²) in [6, 6.07) is 14.2. The number of hydrogen-bond acceptors (Lipinski definition) is 3. The van der Waals surface area contributed by atoms with Crippen LogP contribution in [0.1, 0.15) is 30.5 Å². The standard InChI is InChI=1S/C26H22F2N2O2/c1-15-12-16(10-11-29-15)25-21(14-18-7-9-24(25)32-18)26(31)30-17-6-8-20(23(28)13-17)19-4-2-3-5-22(19)27/h2-6,8,10-13,18,24H,7,9,14H2,1H3,(H,30,31)/t18-,24+/m1/s1. The van der Waals surface area contributed by atoms with Crippen molar-refractivity contribution in [3.63, 3.8) is 0 Å². The van der Waals surface area contributed by atoms with E-state index in [-0.39, 0.29) is 29.2 Å². The molecule has 0 saturated carbocycles. The molecule has 5 rings (SSSR count). The van der Waals surface area contributed by atoms with Crippen LogP contribution in [-0.4, -0.2) is 23.1 Å². The summed E-state index contributed by atoms with van der Waals surface area (Å²) in [7, 11) is 0. The third-order valence-corrected chi connectivity index (χ3v) is 6.06. The van der Waals surface area contributed by atoms with E-state index >= 15 is 0 Å². The lowest BCUT2D eigenvalue weighted by atomic mass is 9.91. The molecule has 162 valence electrons. The van der Waals surface area contributed by atoms with Gasteiger partial charge in [-0.2, -0.15) is 0 Å². The second-order valence-corrected chi connectivity index (χ2v) is 8.23. The Morgan fingerprint density at radius 2 is 1.84 bits per heavy atom. The highest BCUT2D eigenvalue weighted by Gasteiger charge is 2.38. The van der Waals surface area contributed by atoms with Crippen LogP contribution in [0.4, 0.5) is 14.5 Å². The van der Waals surface area contributed by atoms with Crippen molar-refractivity contribution in [2.75, 3.05) is 5.32 Å². The second kappa shape index (κ2) is 8.28. The summed E-state index contributed by atoms with van der Waals surface area (Å²) >= 11 is 0. The highest BCUT2D eigenvalue weighted by Crippen LogP contribution is 2.42. The summed E-state index contributed by atoms with van der Waals surface area (Å²) in [5, 5.41) is 2.83. The van der Waals surface area contributed by atoms with E-state index in [4.69, 9.17) is 4.74 Å². The van der Waals surface area contributed by atoms with Gasteiger partial charge in [0.1, 0.15) is 11.6 Å². The normalized spacial score (nSPS) is 19.8. The van der Waals surface area contributed by atoms with Gasteiger partial charge in [-0.25, -0.2) is 8.78 Å². The molecule has 1 N–H and O–H groups in total. The van der Waals surface area contributed by atoms with Crippen LogP contribution in [-0.2, 0) is 9.53 Å². The number of benzene rings is 2. The molecule has 0 radical (unpaired) electrons. The third-order valence-electron chi connectivity index (χ3n) is 6.06. The van der Waals surface area contributed by atoms with Crippen LogP contribution in [0.2, 0.25) is 0 Å². The van der Waals surface area contributed by atoms with Crippen LogP contribution in [0.5, 0.6) is 0 Å². The predicted octanol–water partition coefficient (Wildman–Crippen LogP) is 5.68. The molecule has 2 aliphatic rings. The summed E-state index contributed by atoms with van der Waals surface area (Å²) in [6.07, 6.45) is 3.90. The van der Waals surface area contributed by atoms with E-state index in [1.807, 2.05) is 19.1 Å². The van der Waals surface area contributed by atoms with Crippen molar-refractivity contribution in [3.8, 4) is 11.1 Å². The molecule has 6 heteroatoms. The van der Waals surface area contributed by atoms with E-state index in [9.17, 15) is 13.6 Å². The summed E-state index contributed by atoms with van der Waals surface area (Å²) < 4.78 is 34.9. The van der Waals surface area contributed by atoms with Crippen LogP contribution in [0.25, 0.3) is 16.7 Å². The highest BCUT2D eigenvalue weighted by molar-refractivity contribution is 6.09. The van der Waals surface area contributed by atoms with Crippen molar-refractivity contribution in [2.24, 2.45) is 0 Å². The van der Waals surface area contributed by atoms with Crippen molar-refractivity contribution >= 4 is 17.2 Å². The molecule has 1 saturated heterocycles. The first kappa shape index (κ1) is 20.5. The Morgan fingerprint density at radius 1 is 1.03 bits per heavy atom. The van der Waals surface area contributed by atoms with E-state index < -0.39 is 11.6 Å². The third kappa shape index (κ3) is 3.82. The Kier molecular flexibility index (Phi) is 5.31. The number of nitrogens with one attached hydrogen (secondary N) is 1. The van der Waals surface area contributed by atoms with Gasteiger partial charge in [-0.15, -0.1) is 0 Å². The minimum atomic E-state index is -0.598. The minimum Gasteiger partial charge on any atom is -0.370 e. The Hall–Kier alpha value is -3.38. The smallest absolute Gasteiger partial charge is 0.252 e. The summed E-state index contributed by atoms with van der Waals surface area (Å²) in [4.78, 5) is 17.5. The molecule has 32 heavy (non-hydrogen) atoms. The van der Waals surface area contributed by atoms with Crippen molar-refractivity contribution in [2.45, 2.75) is 38.4 Å². The SMILES string of the molecule is Cc1cc(C2=C(C(=O)Nc3ccc(-c4ccccc4F)c(F)c3)C[C@H]3CC[C@@H]2O3)ccn1. The quantitative estimate of drug-likeness (QED) is 0.577. The first-order valence-corrected chi connectivity index (χ1v) is 10.7. The van der Waals surface area contributed by atoms with Gasteiger partial charge in [0.05, 0.1) is 12.2 Å². The van der Waals surface area contributed by atoms with Gasteiger partial charge in [0.15, 0.2) is 0 Å². The highest BCUT2D eigenvalue weighted by atomic mass is 19.1. The Labute approximate surface area is 185 Å². The number of ether oxygens (including phenoxy) is 1. The summed E-state index contributed by atoms with van der Waals surface area (Å²) in [6.45, 7) is 1.91. The molecule has 2 aromatic carbocycles. The Bertz CT molecular complexity index is 1240. The number of halogens is 2. The fraction of sp³-hybridized carbons (Fsp3) is 0.231. The molecule has 1 amide bonds. The van der Waals surface area contributed by atoms with Crippen LogP contribution >= 0.6 is 0 Å². The zero-order valence-electron chi connectivity index (χ0n) is 17.6. The van der Waals surface area contributed by atoms with Gasteiger partial charge in [-0.1, -0.05) is 18.2 Å². The van der Waals surface area contributed by atoms with Crippen LogP contribution in [0.3, 0.4) is 0 Å². The molecule has 2 atom stereocenters. The van der Waals surface area contributed by atoms with Gasteiger partial charge in [-0.3, -0.25) is 9.78 Å². The number of fused-ring (bicyclic) bond motifs is 2. The van der Waals surface area contributed by atoms with Crippen LogP contribution in [0.15, 0.2) is 66.4 Å². The number of rotatable bonds is 4. The lowest BCUT2D eigenvalue weighted by Crippen LogP contribution is -2.27. The maximum absolute atomic E-state index is 14.8. The molecule has 3 heterocycles. The average molecular weight is 432 g/mol. The average Bonchev–Trinajstić information content (AvgIpc) is 3.15. The zero-order chi connectivity index (χ0) is 22.2. The maximum Gasteiger partial charge on any atom is 0.252 e. The van der Waals surface area contributed by atoms with Crippen LogP contribution < -0.4 is 5.32 Å². The summed E-state index contributed by atoms with van der Waals surface area (Å²) in [5.74, 6) is -1.37. The topological polar surface area (TPSA) is 51.2 Å². The van der Waals surface area contributed by atoms with E-state index in [1.54, 1.807) is 24.4 Å². The number of carbonyl (C=O) groups excluding carboxylic acids is 1. The van der Waals surface area contributed by atoms with Crippen molar-refractivity contribution in [1.82, 2.24) is 4.98 Å². The van der Waals surface area contributed by atoms with Crippen molar-refractivity contribution in [1.29, 1.82) is 0 Å². The Morgan fingerprint density at radius 3 is 2.62 bits per heavy atom. The number of nitrogens with zero attached hydrogens (tertiary/aromatic N) is 1. The number of aryl methyl sites for hydroxylation is 1. The fourth-order valence-electron chi connectivity index (χ4n) is 4.59. The molecular weight excluding hydrogens is 410 g/mol. The molecule has 3 aromatic rings. The van der Waals surface area contributed by atoms with Gasteiger partial charge in [0, 0.05) is 40.7 Å². The molecule has 1 fully saturated rings. The van der Waals surface area contributed by atoms with E-state index in [1.165, 1.54) is 24.3 Å². The molecular formula is C26H22F2N2O2. The molecule has 0 aliphatic carbocycles. The van der Waals surface area contributed by atoms with Gasteiger partial charge in [0.25, 0.3) is 5.91 Å². The zero-order valence-corrected chi connectivity index (χ0v) is 17.6. The number of pyridine rings is 1. The van der Waals surface area contributed by atoms with Crippen molar-refractivity contribution < 1.29 is 18.3 Å². The first-order chi connectivity index (χ1) is 15.5. The number of hydrogen-bond donors (Lipinski definition) is 1. The fourth-order valence-corrected chi connectivity index (χ4v) is 4.59. The minimum absolute atomic E-state index is 0.0209. The number of aromatic nitrogens is 1. The lowest BCUT2D eigenvalue weighted by Gasteiger charge is -2.27. The van der Waals surface area contributed by atoms with Gasteiger partial charge in [-0.05, 0) is 67.3 Å². The van der Waals surface area contributed by atoms with Gasteiger partial charge < -0.3 is 10.1 Å². The van der Waals surface area contributed by atoms with E-state index in [2.05, 4.69) is 10.3 Å². The van der Waals surface area contributed by atoms with E-state index in [0.29, 0.717) is 17.7 Å². The maximum atomic E-state index is 14.8. The summed E-state index contributed by atoms with van der Waals surface area (Å²) in [5.41, 5.74) is 3.98. The number of anilines is 1. The van der Waals surface area contributed by atoms with E-state index in [0.717, 1.165) is 29.7 Å². The molecule has 0 spiro atoms. The van der Waals surface area contributed by atoms with Gasteiger partial charge in [0.2, 0.25) is 0 Å². The largest absolute Gasteiger partial charge is 0.370 e. The molecule has 2 bridgehead atoms. The van der Waals surface area contributed by atoms with Crippen LogP contribution in [0, 0.1) is 18.6 Å². The number of amides is 1. The van der Waals surface area contributed by atoms with Gasteiger partial charge >= 0.3 is 0 Å². The molecule has 2 aliphatic heterocycles. The number of carbonyl (C=O) groups is 1. The molecule has 1 aromatic heterocycles.